The van der Waals surface area contributed by atoms with Crippen LogP contribution in [0, 0.1) is 6.92 Å². The summed E-state index contributed by atoms with van der Waals surface area (Å²) in [6.07, 6.45) is 1.39. The Morgan fingerprint density at radius 3 is 2.58 bits per heavy atom. The Morgan fingerprint density at radius 2 is 1.89 bits per heavy atom. The number of esters is 1. The Hall–Kier alpha value is -3.20. The molecule has 6 nitrogen and oxygen atoms in total. The molecule has 1 unspecified atom stereocenters. The van der Waals surface area contributed by atoms with Gasteiger partial charge >= 0.3 is 5.97 Å². The first-order chi connectivity index (χ1) is 18.1. The van der Waals surface area contributed by atoms with Gasteiger partial charge in [-0.25, -0.2) is 9.79 Å². The van der Waals surface area contributed by atoms with Crippen molar-refractivity contribution in [1.29, 1.82) is 0 Å². The number of halogens is 2. The Balaban J connectivity index is 1.63. The largest absolute Gasteiger partial charge is 0.459 e. The van der Waals surface area contributed by atoms with Crippen LogP contribution in [-0.4, -0.2) is 16.6 Å². The molecule has 0 N–H and O–H groups in total. The smallest absolute Gasteiger partial charge is 0.338 e. The van der Waals surface area contributed by atoms with Crippen LogP contribution in [0.25, 0.3) is 17.4 Å². The van der Waals surface area contributed by atoms with Gasteiger partial charge in [0.15, 0.2) is 4.80 Å². The van der Waals surface area contributed by atoms with Gasteiger partial charge in [0, 0.05) is 21.1 Å². The normalized spacial score (nSPS) is 15.6. The molecule has 0 radical (unpaired) electrons. The van der Waals surface area contributed by atoms with Crippen molar-refractivity contribution in [3.05, 3.63) is 112 Å². The van der Waals surface area contributed by atoms with E-state index in [2.05, 4.69) is 20.9 Å². The van der Waals surface area contributed by atoms with Gasteiger partial charge in [0.05, 0.1) is 27.9 Å². The van der Waals surface area contributed by atoms with Crippen molar-refractivity contribution in [2.24, 2.45) is 4.99 Å². The van der Waals surface area contributed by atoms with Gasteiger partial charge in [-0.15, -0.1) is 0 Å². The van der Waals surface area contributed by atoms with Gasteiger partial charge in [-0.1, -0.05) is 57.1 Å². The lowest BCUT2D eigenvalue weighted by Crippen LogP contribution is -2.40. The lowest BCUT2D eigenvalue weighted by molar-refractivity contribution is -0.143. The topological polar surface area (TPSA) is 73.8 Å². The summed E-state index contributed by atoms with van der Waals surface area (Å²) >= 11 is 11.0. The molecule has 3 heterocycles. The SMILES string of the molecule is CC1=C(C(=O)OC(C)C)C(c2ccc(Cl)cc2)n2c(s/c(=C\c3ccc(-c4ccc(C)cc4Br)o3)c2=O)=N1. The van der Waals surface area contributed by atoms with Crippen LogP contribution in [0.5, 0.6) is 0 Å². The predicted molar refractivity (Wildman–Crippen MR) is 153 cm³/mol. The van der Waals surface area contributed by atoms with E-state index >= 15 is 0 Å². The number of thiazole rings is 1. The number of furan rings is 1. The fourth-order valence-electron chi connectivity index (χ4n) is 4.35. The number of ether oxygens (including phenoxy) is 1. The molecular weight excluding hydrogens is 588 g/mol. The molecule has 0 saturated carbocycles. The fraction of sp³-hybridized carbons (Fsp3) is 0.207. The van der Waals surface area contributed by atoms with E-state index in [1.54, 1.807) is 43.5 Å². The van der Waals surface area contributed by atoms with Crippen molar-refractivity contribution in [3.63, 3.8) is 0 Å². The first kappa shape index (κ1) is 26.4. The first-order valence-electron chi connectivity index (χ1n) is 12.0. The van der Waals surface area contributed by atoms with E-state index in [1.807, 2.05) is 49.4 Å². The minimum Gasteiger partial charge on any atom is -0.459 e. The molecule has 2 aromatic carbocycles. The third-order valence-electron chi connectivity index (χ3n) is 6.06. The highest BCUT2D eigenvalue weighted by molar-refractivity contribution is 9.10. The summed E-state index contributed by atoms with van der Waals surface area (Å²) in [5.41, 5.74) is 3.35. The molecule has 0 aliphatic carbocycles. The van der Waals surface area contributed by atoms with Crippen LogP contribution in [0.2, 0.25) is 5.02 Å². The molecule has 1 aliphatic heterocycles. The Bertz CT molecular complexity index is 1760. The number of rotatable bonds is 5. The second kappa shape index (κ2) is 10.5. The summed E-state index contributed by atoms with van der Waals surface area (Å²) in [5.74, 6) is 0.718. The molecule has 9 heteroatoms. The van der Waals surface area contributed by atoms with E-state index in [9.17, 15) is 9.59 Å². The molecule has 38 heavy (non-hydrogen) atoms. The van der Waals surface area contributed by atoms with Crippen LogP contribution in [0.4, 0.5) is 0 Å². The number of carbonyl (C=O) groups is 1. The highest BCUT2D eigenvalue weighted by Gasteiger charge is 2.33. The van der Waals surface area contributed by atoms with Gasteiger partial charge in [0.1, 0.15) is 11.5 Å². The van der Waals surface area contributed by atoms with E-state index in [1.165, 1.54) is 11.3 Å². The van der Waals surface area contributed by atoms with Gasteiger partial charge in [-0.3, -0.25) is 9.36 Å². The highest BCUT2D eigenvalue weighted by atomic mass is 79.9. The minimum atomic E-state index is -0.701. The zero-order chi connectivity index (χ0) is 27.1. The van der Waals surface area contributed by atoms with Crippen LogP contribution < -0.4 is 14.9 Å². The van der Waals surface area contributed by atoms with Crippen LogP contribution in [0.3, 0.4) is 0 Å². The standard InChI is InChI=1S/C29H24BrClN2O4S/c1-15(2)36-28(35)25-17(4)32-29-33(26(25)18-6-8-19(31)9-7-18)27(34)24(38-29)14-20-10-12-23(37-20)21-11-5-16(3)13-22(21)30/h5-15,26H,1-4H3/b24-14-. The molecule has 1 atom stereocenters. The average molecular weight is 612 g/mol. The number of benzene rings is 2. The maximum absolute atomic E-state index is 13.8. The van der Waals surface area contributed by atoms with E-state index < -0.39 is 12.0 Å². The van der Waals surface area contributed by atoms with Crippen molar-refractivity contribution in [2.75, 3.05) is 0 Å². The van der Waals surface area contributed by atoms with Crippen molar-refractivity contribution in [2.45, 2.75) is 39.8 Å². The molecule has 0 fully saturated rings. The quantitative estimate of drug-likeness (QED) is 0.253. The Kier molecular flexibility index (Phi) is 7.31. The summed E-state index contributed by atoms with van der Waals surface area (Å²) in [5, 5.41) is 0.557. The maximum atomic E-state index is 13.8. The van der Waals surface area contributed by atoms with Crippen molar-refractivity contribution < 1.29 is 13.9 Å². The second-order valence-electron chi connectivity index (χ2n) is 9.27. The fourth-order valence-corrected chi connectivity index (χ4v) is 6.19. The third kappa shape index (κ3) is 5.08. The molecule has 2 aromatic heterocycles. The van der Waals surface area contributed by atoms with Crippen molar-refractivity contribution in [3.8, 4) is 11.3 Å². The number of nitrogens with zero attached hydrogens (tertiary/aromatic N) is 2. The monoisotopic (exact) mass is 610 g/mol. The second-order valence-corrected chi connectivity index (χ2v) is 11.6. The van der Waals surface area contributed by atoms with E-state index in [0.29, 0.717) is 37.1 Å². The van der Waals surface area contributed by atoms with Crippen LogP contribution in [0.15, 0.2) is 84.5 Å². The molecule has 0 spiro atoms. The third-order valence-corrected chi connectivity index (χ3v) is 7.95. The number of allylic oxidation sites excluding steroid dienone is 1. The predicted octanol–water partition coefficient (Wildman–Crippen LogP) is 6.17. The van der Waals surface area contributed by atoms with Crippen LogP contribution >= 0.6 is 38.9 Å². The molecule has 0 bridgehead atoms. The summed E-state index contributed by atoms with van der Waals surface area (Å²) in [6.45, 7) is 7.35. The van der Waals surface area contributed by atoms with Crippen LogP contribution in [-0.2, 0) is 9.53 Å². The number of aryl methyl sites for hydroxylation is 1. The average Bonchev–Trinajstić information content (AvgIpc) is 3.42. The van der Waals surface area contributed by atoms with E-state index in [4.69, 9.17) is 20.8 Å². The summed E-state index contributed by atoms with van der Waals surface area (Å²) in [6, 6.07) is 16.1. The molecule has 0 saturated heterocycles. The number of fused-ring (bicyclic) bond motifs is 1. The maximum Gasteiger partial charge on any atom is 0.338 e. The van der Waals surface area contributed by atoms with Gasteiger partial charge in [-0.05, 0) is 75.2 Å². The minimum absolute atomic E-state index is 0.273. The van der Waals surface area contributed by atoms with Gasteiger partial charge < -0.3 is 9.15 Å². The molecule has 0 amide bonds. The first-order valence-corrected chi connectivity index (χ1v) is 14.0. The van der Waals surface area contributed by atoms with Crippen molar-refractivity contribution in [1.82, 2.24) is 4.57 Å². The number of hydrogen-bond acceptors (Lipinski definition) is 6. The molecule has 1 aliphatic rings. The lowest BCUT2D eigenvalue weighted by atomic mass is 9.96. The summed E-state index contributed by atoms with van der Waals surface area (Å²) in [4.78, 5) is 32.1. The number of carbonyl (C=O) groups excluding carboxylic acids is 1. The van der Waals surface area contributed by atoms with Gasteiger partial charge in [0.25, 0.3) is 5.56 Å². The zero-order valence-electron chi connectivity index (χ0n) is 21.1. The van der Waals surface area contributed by atoms with E-state index in [0.717, 1.165) is 21.2 Å². The molecule has 5 rings (SSSR count). The number of hydrogen-bond donors (Lipinski definition) is 0. The van der Waals surface area contributed by atoms with Crippen LogP contribution in [0.1, 0.15) is 43.7 Å². The Morgan fingerprint density at radius 1 is 1.16 bits per heavy atom. The zero-order valence-corrected chi connectivity index (χ0v) is 24.3. The summed E-state index contributed by atoms with van der Waals surface area (Å²) < 4.78 is 14.5. The van der Waals surface area contributed by atoms with Gasteiger partial charge in [0.2, 0.25) is 0 Å². The summed E-state index contributed by atoms with van der Waals surface area (Å²) in [7, 11) is 0. The molecule has 194 valence electrons. The molecule has 4 aromatic rings. The highest BCUT2D eigenvalue weighted by Crippen LogP contribution is 2.32. The number of aromatic nitrogens is 1. The Labute approximate surface area is 236 Å². The van der Waals surface area contributed by atoms with Crippen molar-refractivity contribution >= 4 is 50.9 Å². The van der Waals surface area contributed by atoms with E-state index in [-0.39, 0.29) is 11.7 Å². The molecular formula is C29H24BrClN2O4S. The lowest BCUT2D eigenvalue weighted by Gasteiger charge is -2.25. The van der Waals surface area contributed by atoms with Gasteiger partial charge in [-0.2, -0.15) is 0 Å².